The van der Waals surface area contributed by atoms with Crippen molar-refractivity contribution in [3.05, 3.63) is 71.4 Å². The number of carboxylic acids is 1. The zero-order valence-electron chi connectivity index (χ0n) is 52.8. The third-order valence-electron chi connectivity index (χ3n) is 16.5. The summed E-state index contributed by atoms with van der Waals surface area (Å²) in [7, 11) is 0. The fourth-order valence-electron chi connectivity index (χ4n) is 11.3. The molecule has 3 atom stereocenters. The van der Waals surface area contributed by atoms with Crippen molar-refractivity contribution in [1.82, 2.24) is 60.6 Å². The molecule has 3 aliphatic rings. The number of rotatable bonds is 35. The summed E-state index contributed by atoms with van der Waals surface area (Å²) in [5.74, 6) is -2.32. The molecule has 2 unspecified atom stereocenters. The second-order valence-electron chi connectivity index (χ2n) is 23.8. The normalized spacial score (nSPS) is 18.6. The second kappa shape index (κ2) is 38.7. The van der Waals surface area contributed by atoms with Gasteiger partial charge in [0.2, 0.25) is 29.5 Å². The highest BCUT2D eigenvalue weighted by Gasteiger charge is 2.43. The number of aromatic nitrogens is 1. The van der Waals surface area contributed by atoms with Crippen molar-refractivity contribution in [1.29, 1.82) is 5.26 Å². The van der Waals surface area contributed by atoms with Gasteiger partial charge in [0.25, 0.3) is 18.9 Å². The van der Waals surface area contributed by atoms with Crippen LogP contribution in [0.2, 0.25) is 0 Å². The first kappa shape index (κ1) is 72.2. The van der Waals surface area contributed by atoms with E-state index in [1.807, 2.05) is 44.7 Å². The van der Waals surface area contributed by atoms with Crippen LogP contribution in [0.3, 0.4) is 0 Å². The number of halogens is 1. The molecule has 6 amide bonds. The van der Waals surface area contributed by atoms with Crippen LogP contribution in [0.4, 0.5) is 4.39 Å². The first-order valence-corrected chi connectivity index (χ1v) is 31.7. The van der Waals surface area contributed by atoms with Gasteiger partial charge in [0.05, 0.1) is 49.9 Å². The highest BCUT2D eigenvalue weighted by molar-refractivity contribution is 6.07. The number of benzene rings is 2. The lowest BCUT2D eigenvalue weighted by atomic mass is 10.1. The number of carbonyl (C=O) groups excluding carboxylic acids is 8. The minimum Gasteiger partial charge on any atom is -0.494 e. The molecule has 498 valence electrons. The van der Waals surface area contributed by atoms with Crippen molar-refractivity contribution in [2.45, 2.75) is 109 Å². The molecule has 4 heterocycles. The number of fused-ring (bicyclic) bond motifs is 1. The van der Waals surface area contributed by atoms with Gasteiger partial charge in [0.1, 0.15) is 37.0 Å². The van der Waals surface area contributed by atoms with E-state index < -0.39 is 41.4 Å². The number of aryl methyl sites for hydroxylation is 2. The summed E-state index contributed by atoms with van der Waals surface area (Å²) < 4.78 is 30.7. The molecular formula is C64H92FN13O13. The predicted molar refractivity (Wildman–Crippen MR) is 335 cm³/mol. The molecule has 0 saturated carbocycles. The number of nitriles is 1. The van der Waals surface area contributed by atoms with Crippen LogP contribution in [0.15, 0.2) is 54.7 Å². The van der Waals surface area contributed by atoms with Crippen LogP contribution in [0.1, 0.15) is 99.0 Å². The minimum atomic E-state index is -1.67. The number of aliphatic carboxylic acids is 1. The minimum absolute atomic E-state index is 0.00208. The molecule has 6 rings (SSSR count). The quantitative estimate of drug-likeness (QED) is 0.0416. The van der Waals surface area contributed by atoms with Crippen molar-refractivity contribution >= 4 is 65.3 Å². The fourth-order valence-corrected chi connectivity index (χ4v) is 11.3. The summed E-state index contributed by atoms with van der Waals surface area (Å²) in [5, 5.41) is 31.1. The Bertz CT molecular complexity index is 2890. The van der Waals surface area contributed by atoms with Gasteiger partial charge >= 0.3 is 5.97 Å². The Morgan fingerprint density at radius 3 is 2.03 bits per heavy atom. The van der Waals surface area contributed by atoms with E-state index in [1.54, 1.807) is 29.2 Å². The predicted octanol–water partition coefficient (Wildman–Crippen LogP) is 2.08. The Kier molecular flexibility index (Phi) is 30.7. The molecule has 26 nitrogen and oxygen atoms in total. The number of pyridine rings is 1. The van der Waals surface area contributed by atoms with Crippen molar-refractivity contribution in [3.8, 4) is 11.8 Å². The van der Waals surface area contributed by atoms with Crippen LogP contribution in [0.25, 0.3) is 10.9 Å². The van der Waals surface area contributed by atoms with E-state index in [0.717, 1.165) is 44.5 Å². The summed E-state index contributed by atoms with van der Waals surface area (Å²) >= 11 is 0. The Hall–Kier alpha value is -7.90. The zero-order chi connectivity index (χ0) is 65.4. The van der Waals surface area contributed by atoms with Crippen LogP contribution in [-0.4, -0.2) is 261 Å². The molecule has 1 aromatic heterocycles. The van der Waals surface area contributed by atoms with E-state index in [4.69, 9.17) is 14.2 Å². The molecule has 0 bridgehead atoms. The lowest BCUT2D eigenvalue weighted by molar-refractivity contribution is -0.139. The van der Waals surface area contributed by atoms with Crippen molar-refractivity contribution in [2.24, 2.45) is 0 Å². The maximum absolute atomic E-state index is 14.6. The molecule has 0 spiro atoms. The molecule has 91 heavy (non-hydrogen) atoms. The Labute approximate surface area is 532 Å². The molecule has 2 aromatic carbocycles. The number of nitrogens with one attached hydrogen (secondary N) is 4. The lowest BCUT2D eigenvalue weighted by Crippen LogP contribution is -2.52. The fraction of sp³-hybridized carbons (Fsp3) is 0.609. The highest BCUT2D eigenvalue weighted by Crippen LogP contribution is 2.30. The van der Waals surface area contributed by atoms with Crippen LogP contribution in [-0.2, 0) is 54.3 Å². The molecule has 0 aliphatic carbocycles. The first-order chi connectivity index (χ1) is 43.9. The number of unbranched alkanes of at least 4 members (excludes halogenated alkanes) is 3. The standard InChI is InChI=1S/C64H92FN13O13/c1-49-14-16-50(17-15-49)10-8-12-57(81)68-22-9-11-56(71-58(82)42-73-25-26-74(43-61(85)86)28-30-76(46-90-48-80)32-31-75(29-27-73)45-89-47-79)63(88)69-21-5-3-4-13-59(83)77-35-33-72(34-36-77)24-6-7-37-91-52-18-19-55-54(38-52)53(20-23-67-55)62(87)70-41-60(84)78-44-64(2,65)39-51(78)40-66/h14-20,23,38,47-48,51,56H,3-13,21-22,24-37,39,41-46H2,1-2H3,(H,68,81)(H,69,88)(H,70,87)(H,71,82)(H,85,86)/t51-,56?,64?/m1/s1. The smallest absolute Gasteiger partial charge is 0.317 e. The van der Waals surface area contributed by atoms with Gasteiger partial charge in [-0.3, -0.25) is 72.6 Å². The number of nitrogens with zero attached hydrogens (tertiary/aromatic N) is 9. The number of amides is 6. The van der Waals surface area contributed by atoms with Crippen LogP contribution in [0, 0.1) is 18.3 Å². The average Bonchev–Trinajstić information content (AvgIpc) is 1.89. The van der Waals surface area contributed by atoms with Crippen LogP contribution in [0.5, 0.6) is 5.75 Å². The summed E-state index contributed by atoms with van der Waals surface area (Å²) in [4.78, 5) is 131. The van der Waals surface area contributed by atoms with Gasteiger partial charge in [-0.2, -0.15) is 5.26 Å². The van der Waals surface area contributed by atoms with Gasteiger partial charge < -0.3 is 50.4 Å². The number of piperazine rings is 1. The van der Waals surface area contributed by atoms with Gasteiger partial charge in [0.15, 0.2) is 0 Å². The van der Waals surface area contributed by atoms with E-state index in [0.29, 0.717) is 165 Å². The van der Waals surface area contributed by atoms with Gasteiger partial charge in [-0.25, -0.2) is 4.39 Å². The topological polar surface area (TPSA) is 309 Å². The average molecular weight is 1270 g/mol. The molecule has 3 aliphatic heterocycles. The van der Waals surface area contributed by atoms with E-state index in [1.165, 1.54) is 23.6 Å². The molecule has 5 N–H and O–H groups in total. The van der Waals surface area contributed by atoms with Crippen LogP contribution < -0.4 is 26.0 Å². The Morgan fingerprint density at radius 1 is 0.725 bits per heavy atom. The number of carboxylic acid groups (broad SMARTS) is 1. The van der Waals surface area contributed by atoms with E-state index >= 15 is 0 Å². The van der Waals surface area contributed by atoms with Gasteiger partial charge in [0, 0.05) is 122 Å². The highest BCUT2D eigenvalue weighted by atomic mass is 19.1. The molecule has 27 heteroatoms. The maximum atomic E-state index is 14.6. The number of hydrogen-bond donors (Lipinski definition) is 5. The van der Waals surface area contributed by atoms with E-state index in [-0.39, 0.29) is 70.2 Å². The molecule has 3 saturated heterocycles. The van der Waals surface area contributed by atoms with Crippen molar-refractivity contribution < 1.29 is 66.9 Å². The number of carbonyl (C=O) groups is 9. The second-order valence-corrected chi connectivity index (χ2v) is 23.8. The third-order valence-corrected chi connectivity index (χ3v) is 16.5. The number of likely N-dealkylation sites (tertiary alicyclic amines) is 1. The van der Waals surface area contributed by atoms with Crippen LogP contribution >= 0.6 is 0 Å². The third kappa shape index (κ3) is 26.1. The molecule has 0 radical (unpaired) electrons. The monoisotopic (exact) mass is 1270 g/mol. The largest absolute Gasteiger partial charge is 0.494 e. The maximum Gasteiger partial charge on any atom is 0.317 e. The van der Waals surface area contributed by atoms with E-state index in [9.17, 15) is 57.9 Å². The zero-order valence-corrected chi connectivity index (χ0v) is 52.8. The Morgan fingerprint density at radius 2 is 1.37 bits per heavy atom. The summed E-state index contributed by atoms with van der Waals surface area (Å²) in [6.45, 7) is 10.6. The first-order valence-electron chi connectivity index (χ1n) is 31.7. The molecular weight excluding hydrogens is 1180 g/mol. The summed E-state index contributed by atoms with van der Waals surface area (Å²) in [6.07, 6.45) is 7.82. The lowest BCUT2D eigenvalue weighted by Gasteiger charge is -2.34. The van der Waals surface area contributed by atoms with Gasteiger partial charge in [-0.15, -0.1) is 0 Å². The number of alkyl halides is 1. The van der Waals surface area contributed by atoms with Gasteiger partial charge in [-0.05, 0) is 102 Å². The van der Waals surface area contributed by atoms with E-state index in [2.05, 4.69) is 43.3 Å². The van der Waals surface area contributed by atoms with Gasteiger partial charge in [-0.1, -0.05) is 36.2 Å². The molecule has 3 aromatic rings. The van der Waals surface area contributed by atoms with Crippen molar-refractivity contribution in [3.63, 3.8) is 0 Å². The Balaban J connectivity index is 0.907. The SMILES string of the molecule is Cc1ccc(CCCC(=O)NCCCC(NC(=O)CN2CCN(COC=O)CCN(COC=O)CCN(CC(=O)O)CC2)C(=O)NCCCCCC(=O)N2CCN(CCCCOc3ccc4nccc(C(=O)NCC(=O)N5CC(C)(F)C[C@@H]5C#N)c4c3)CC2)cc1. The number of ether oxygens (including phenoxy) is 3. The summed E-state index contributed by atoms with van der Waals surface area (Å²) in [6, 6.07) is 15.2. The molecule has 3 fully saturated rings. The number of hydrogen-bond acceptors (Lipinski definition) is 19. The summed E-state index contributed by atoms with van der Waals surface area (Å²) in [5.41, 5.74) is 1.51. The van der Waals surface area contributed by atoms with Crippen molar-refractivity contribution in [2.75, 3.05) is 144 Å².